The quantitative estimate of drug-likeness (QED) is 0.673. The molecule has 3 aromatic rings. The van der Waals surface area contributed by atoms with E-state index < -0.39 is 23.4 Å². The summed E-state index contributed by atoms with van der Waals surface area (Å²) < 4.78 is 39.8. The smallest absolute Gasteiger partial charge is 0.279 e. The molecule has 1 atom stereocenters. The highest BCUT2D eigenvalue weighted by Gasteiger charge is 2.17. The molecule has 3 aromatic carbocycles. The third kappa shape index (κ3) is 3.70. The van der Waals surface area contributed by atoms with Crippen LogP contribution in [0.1, 0.15) is 18.5 Å². The molecule has 0 saturated heterocycles. The van der Waals surface area contributed by atoms with Crippen LogP contribution < -0.4 is 10.6 Å². The van der Waals surface area contributed by atoms with Crippen LogP contribution in [0.2, 0.25) is 0 Å². The first-order valence-electron chi connectivity index (χ1n) is 8.21. The lowest BCUT2D eigenvalue weighted by molar-refractivity contribution is -0.682. The lowest BCUT2D eigenvalue weighted by Crippen LogP contribution is -2.86. The maximum atomic E-state index is 13.6. The van der Waals surface area contributed by atoms with E-state index in [-0.39, 0.29) is 18.3 Å². The summed E-state index contributed by atoms with van der Waals surface area (Å²) in [5.74, 6) is -4.80. The largest absolute Gasteiger partial charge is 0.332 e. The number of amides is 1. The Labute approximate surface area is 148 Å². The average molecular weight is 359 g/mol. The first kappa shape index (κ1) is 17.9. The second-order valence-electron chi connectivity index (χ2n) is 6.07. The molecule has 0 radical (unpaired) electrons. The summed E-state index contributed by atoms with van der Waals surface area (Å²) in [6.45, 7) is 1.98. The number of quaternary nitrogens is 1. The minimum Gasteiger partial charge on any atom is -0.332 e. The fourth-order valence-electron chi connectivity index (χ4n) is 2.88. The Morgan fingerprint density at radius 3 is 2.54 bits per heavy atom. The van der Waals surface area contributed by atoms with E-state index in [9.17, 15) is 18.0 Å². The van der Waals surface area contributed by atoms with Crippen LogP contribution >= 0.6 is 0 Å². The van der Waals surface area contributed by atoms with Crippen molar-refractivity contribution < 1.29 is 23.3 Å². The minimum absolute atomic E-state index is 0.0124. The molecule has 6 heteroatoms. The van der Waals surface area contributed by atoms with E-state index in [0.717, 1.165) is 28.5 Å². The predicted octanol–water partition coefficient (Wildman–Crippen LogP) is 3.52. The fraction of sp³-hybridized carbons (Fsp3) is 0.150. The van der Waals surface area contributed by atoms with Crippen LogP contribution in [-0.2, 0) is 4.79 Å². The molecule has 26 heavy (non-hydrogen) atoms. The van der Waals surface area contributed by atoms with Crippen molar-refractivity contribution in [3.63, 3.8) is 0 Å². The van der Waals surface area contributed by atoms with Gasteiger partial charge in [-0.15, -0.1) is 0 Å². The van der Waals surface area contributed by atoms with Crippen LogP contribution in [0.5, 0.6) is 0 Å². The Kier molecular flexibility index (Phi) is 5.23. The molecule has 0 fully saturated rings. The topological polar surface area (TPSA) is 45.7 Å². The number of halogens is 3. The highest BCUT2D eigenvalue weighted by Crippen LogP contribution is 2.22. The first-order chi connectivity index (χ1) is 12.5. The molecule has 1 amide bonds. The number of nitrogens with two attached hydrogens (primary N) is 1. The molecule has 3 nitrogen and oxygen atoms in total. The number of nitrogens with one attached hydrogen (secondary N) is 1. The Morgan fingerprint density at radius 2 is 1.73 bits per heavy atom. The zero-order valence-electron chi connectivity index (χ0n) is 14.1. The van der Waals surface area contributed by atoms with Crippen molar-refractivity contribution in [2.75, 3.05) is 11.9 Å². The van der Waals surface area contributed by atoms with Gasteiger partial charge in [-0.25, -0.2) is 13.2 Å². The zero-order valence-corrected chi connectivity index (χ0v) is 14.1. The van der Waals surface area contributed by atoms with E-state index in [4.69, 9.17) is 0 Å². The Morgan fingerprint density at radius 1 is 1.00 bits per heavy atom. The van der Waals surface area contributed by atoms with Gasteiger partial charge in [-0.3, -0.25) is 4.79 Å². The van der Waals surface area contributed by atoms with Gasteiger partial charge in [-0.05, 0) is 29.8 Å². The van der Waals surface area contributed by atoms with Crippen molar-refractivity contribution >= 4 is 22.4 Å². The molecule has 134 valence electrons. The third-order valence-electron chi connectivity index (χ3n) is 4.28. The van der Waals surface area contributed by atoms with Gasteiger partial charge in [0.05, 0.1) is 5.69 Å². The van der Waals surface area contributed by atoms with Crippen molar-refractivity contribution in [1.29, 1.82) is 0 Å². The summed E-state index contributed by atoms with van der Waals surface area (Å²) >= 11 is 0. The molecule has 0 aliphatic heterocycles. The number of carbonyl (C=O) groups excluding carboxylic acids is 1. The second-order valence-corrected chi connectivity index (χ2v) is 6.07. The van der Waals surface area contributed by atoms with E-state index in [0.29, 0.717) is 0 Å². The van der Waals surface area contributed by atoms with E-state index in [1.54, 1.807) is 5.32 Å². The van der Waals surface area contributed by atoms with Gasteiger partial charge < -0.3 is 10.6 Å². The number of anilines is 1. The summed E-state index contributed by atoms with van der Waals surface area (Å²) in [4.78, 5) is 12.0. The van der Waals surface area contributed by atoms with Gasteiger partial charge in [-0.1, -0.05) is 42.5 Å². The Bertz CT molecular complexity index is 954. The molecule has 0 heterocycles. The van der Waals surface area contributed by atoms with E-state index in [1.807, 2.05) is 49.4 Å². The van der Waals surface area contributed by atoms with E-state index in [2.05, 4.69) is 5.32 Å². The Balaban J connectivity index is 1.67. The van der Waals surface area contributed by atoms with E-state index >= 15 is 0 Å². The van der Waals surface area contributed by atoms with Crippen molar-refractivity contribution in [3.05, 3.63) is 77.6 Å². The maximum Gasteiger partial charge on any atom is 0.279 e. The molecular formula is C20H18F3N2O+. The summed E-state index contributed by atoms with van der Waals surface area (Å²) in [5.41, 5.74) is 0.704. The fourth-order valence-corrected chi connectivity index (χ4v) is 2.88. The molecule has 3 rings (SSSR count). The standard InChI is InChI=1S/C20H17F3N2O/c1-12(14-8-4-6-13-5-2-3-7-15(13)14)24-11-18(26)25-17-10-9-16(21)19(22)20(17)23/h2-10,12,24H,11H2,1H3,(H,25,26)/p+1/t12-/m0/s1. The number of carbonyl (C=O) groups is 1. The normalized spacial score (nSPS) is 12.2. The number of rotatable bonds is 5. The van der Waals surface area contributed by atoms with E-state index in [1.165, 1.54) is 0 Å². The monoisotopic (exact) mass is 359 g/mol. The highest BCUT2D eigenvalue weighted by atomic mass is 19.2. The van der Waals surface area contributed by atoms with Gasteiger partial charge in [0, 0.05) is 5.56 Å². The lowest BCUT2D eigenvalue weighted by Gasteiger charge is -2.14. The van der Waals surface area contributed by atoms with Gasteiger partial charge >= 0.3 is 0 Å². The van der Waals surface area contributed by atoms with Gasteiger partial charge in [0.15, 0.2) is 24.0 Å². The summed E-state index contributed by atoms with van der Waals surface area (Å²) in [6, 6.07) is 15.7. The molecule has 3 N–H and O–H groups in total. The first-order valence-corrected chi connectivity index (χ1v) is 8.21. The summed E-state index contributed by atoms with van der Waals surface area (Å²) in [6.07, 6.45) is 0. The zero-order chi connectivity index (χ0) is 18.7. The number of hydrogen-bond acceptors (Lipinski definition) is 1. The van der Waals surface area contributed by atoms with Gasteiger partial charge in [0.2, 0.25) is 0 Å². The molecule has 0 aliphatic rings. The van der Waals surface area contributed by atoms with Crippen molar-refractivity contribution in [2.24, 2.45) is 0 Å². The van der Waals surface area contributed by atoms with Crippen LogP contribution in [0.25, 0.3) is 10.8 Å². The van der Waals surface area contributed by atoms with Crippen LogP contribution in [0.3, 0.4) is 0 Å². The molecule has 0 unspecified atom stereocenters. The molecule has 0 spiro atoms. The molecule has 0 aliphatic carbocycles. The van der Waals surface area contributed by atoms with Crippen molar-refractivity contribution in [3.8, 4) is 0 Å². The van der Waals surface area contributed by atoms with Crippen LogP contribution in [0.4, 0.5) is 18.9 Å². The van der Waals surface area contributed by atoms with Crippen molar-refractivity contribution in [2.45, 2.75) is 13.0 Å². The second kappa shape index (κ2) is 7.58. The third-order valence-corrected chi connectivity index (χ3v) is 4.28. The highest BCUT2D eigenvalue weighted by molar-refractivity contribution is 5.91. The van der Waals surface area contributed by atoms with Gasteiger partial charge in [0.1, 0.15) is 6.04 Å². The predicted molar refractivity (Wildman–Crippen MR) is 94.1 cm³/mol. The molecule has 0 aromatic heterocycles. The lowest BCUT2D eigenvalue weighted by atomic mass is 10.00. The molecular weight excluding hydrogens is 341 g/mol. The summed E-state index contributed by atoms with van der Waals surface area (Å²) in [7, 11) is 0. The van der Waals surface area contributed by atoms with Gasteiger partial charge in [0.25, 0.3) is 5.91 Å². The number of benzene rings is 3. The maximum absolute atomic E-state index is 13.6. The Hall–Kier alpha value is -2.86. The molecule has 0 saturated carbocycles. The van der Waals surface area contributed by atoms with Gasteiger partial charge in [-0.2, -0.15) is 0 Å². The number of hydrogen-bond donors (Lipinski definition) is 2. The summed E-state index contributed by atoms with van der Waals surface area (Å²) in [5, 5.41) is 6.28. The van der Waals surface area contributed by atoms with Crippen LogP contribution in [0.15, 0.2) is 54.6 Å². The number of fused-ring (bicyclic) bond motifs is 1. The van der Waals surface area contributed by atoms with Crippen molar-refractivity contribution in [1.82, 2.24) is 0 Å². The molecule has 0 bridgehead atoms. The van der Waals surface area contributed by atoms with Crippen LogP contribution in [0, 0.1) is 17.5 Å². The van der Waals surface area contributed by atoms with Crippen LogP contribution in [-0.4, -0.2) is 12.5 Å². The average Bonchev–Trinajstić information content (AvgIpc) is 2.66. The SMILES string of the molecule is C[C@H]([NH2+]CC(=O)Nc1ccc(F)c(F)c1F)c1cccc2ccccc12. The minimum atomic E-state index is -1.60.